The van der Waals surface area contributed by atoms with Gasteiger partial charge in [0.05, 0.1) is 5.75 Å². The van der Waals surface area contributed by atoms with Gasteiger partial charge in [-0.3, -0.25) is 9.45 Å². The van der Waals surface area contributed by atoms with Crippen molar-refractivity contribution in [2.75, 3.05) is 12.3 Å². The minimum absolute atomic E-state index is 0.118. The predicted octanol–water partition coefficient (Wildman–Crippen LogP) is 2.06. The molecule has 18 heavy (non-hydrogen) atoms. The number of unbranched alkanes of at least 4 members (excludes halogenated alkanes) is 2. The average Bonchev–Trinajstić information content (AvgIpc) is 2.69. The molecular formula is C13H19NO3S. The molecule has 0 atom stereocenters. The lowest BCUT2D eigenvalue weighted by atomic mass is 10.1. The lowest BCUT2D eigenvalue weighted by Crippen LogP contribution is -2.17. The Kier molecular flexibility index (Phi) is 4.37. The number of hydrogen-bond donors (Lipinski definition) is 1. The van der Waals surface area contributed by atoms with Gasteiger partial charge in [0.25, 0.3) is 10.1 Å². The summed E-state index contributed by atoms with van der Waals surface area (Å²) in [6, 6.07) is 8.45. The topological polar surface area (TPSA) is 57.6 Å². The van der Waals surface area contributed by atoms with Crippen molar-refractivity contribution in [2.45, 2.75) is 32.4 Å². The Balaban J connectivity index is 1.65. The van der Waals surface area contributed by atoms with Gasteiger partial charge in [0.15, 0.2) is 0 Å². The SMILES string of the molecule is O=S(=O)(O)CCCCCN1Cc2ccccc2C1. The largest absolute Gasteiger partial charge is 0.295 e. The predicted molar refractivity (Wildman–Crippen MR) is 70.8 cm³/mol. The molecule has 0 radical (unpaired) electrons. The van der Waals surface area contributed by atoms with Crippen molar-refractivity contribution in [2.24, 2.45) is 0 Å². The third-order valence-corrected chi connectivity index (χ3v) is 4.09. The van der Waals surface area contributed by atoms with Crippen LogP contribution in [-0.2, 0) is 23.2 Å². The van der Waals surface area contributed by atoms with Gasteiger partial charge >= 0.3 is 0 Å². The van der Waals surface area contributed by atoms with Crippen molar-refractivity contribution < 1.29 is 13.0 Å². The molecule has 2 rings (SSSR count). The van der Waals surface area contributed by atoms with Crippen LogP contribution in [0.5, 0.6) is 0 Å². The zero-order valence-electron chi connectivity index (χ0n) is 10.4. The van der Waals surface area contributed by atoms with E-state index < -0.39 is 10.1 Å². The number of benzene rings is 1. The standard InChI is InChI=1S/C13H19NO3S/c15-18(16,17)9-5-1-4-8-14-10-12-6-2-3-7-13(12)11-14/h2-3,6-7H,1,4-5,8-11H2,(H,15,16,17). The fourth-order valence-corrected chi connectivity index (χ4v) is 2.93. The highest BCUT2D eigenvalue weighted by Crippen LogP contribution is 2.22. The second-order valence-corrected chi connectivity index (χ2v) is 6.40. The van der Waals surface area contributed by atoms with Gasteiger partial charge in [-0.15, -0.1) is 0 Å². The molecule has 0 aliphatic carbocycles. The van der Waals surface area contributed by atoms with E-state index in [1.165, 1.54) is 11.1 Å². The van der Waals surface area contributed by atoms with Crippen molar-refractivity contribution in [3.05, 3.63) is 35.4 Å². The van der Waals surface area contributed by atoms with Gasteiger partial charge < -0.3 is 0 Å². The van der Waals surface area contributed by atoms with Crippen molar-refractivity contribution in [1.82, 2.24) is 4.90 Å². The van der Waals surface area contributed by atoms with Crippen molar-refractivity contribution in [1.29, 1.82) is 0 Å². The molecule has 1 aliphatic heterocycles. The molecule has 0 unspecified atom stereocenters. The first-order valence-corrected chi connectivity index (χ1v) is 7.90. The van der Waals surface area contributed by atoms with Crippen LogP contribution in [0.4, 0.5) is 0 Å². The number of fused-ring (bicyclic) bond motifs is 1. The van der Waals surface area contributed by atoms with E-state index in [1.807, 2.05) is 0 Å². The lowest BCUT2D eigenvalue weighted by molar-refractivity contribution is 0.277. The van der Waals surface area contributed by atoms with Gasteiger partial charge in [-0.1, -0.05) is 30.7 Å². The molecule has 0 bridgehead atoms. The van der Waals surface area contributed by atoms with Gasteiger partial charge in [-0.2, -0.15) is 8.42 Å². The first-order valence-electron chi connectivity index (χ1n) is 6.29. The molecular weight excluding hydrogens is 250 g/mol. The molecule has 0 spiro atoms. The first-order chi connectivity index (χ1) is 8.54. The maximum Gasteiger partial charge on any atom is 0.264 e. The van der Waals surface area contributed by atoms with Crippen LogP contribution < -0.4 is 0 Å². The Bertz CT molecular complexity index is 474. The van der Waals surface area contributed by atoms with Crippen LogP contribution in [0.25, 0.3) is 0 Å². The minimum atomic E-state index is -3.78. The average molecular weight is 269 g/mol. The molecule has 1 aromatic carbocycles. The van der Waals surface area contributed by atoms with Crippen LogP contribution in [0.1, 0.15) is 30.4 Å². The summed E-state index contributed by atoms with van der Waals surface area (Å²) in [5.74, 6) is -0.118. The Labute approximate surface area is 108 Å². The summed E-state index contributed by atoms with van der Waals surface area (Å²) in [5, 5.41) is 0. The normalized spacial score (nSPS) is 15.8. The molecule has 1 heterocycles. The van der Waals surface area contributed by atoms with Crippen LogP contribution in [0.3, 0.4) is 0 Å². The molecule has 0 fully saturated rings. The Morgan fingerprint density at radius 2 is 1.67 bits per heavy atom. The van der Waals surface area contributed by atoms with Gasteiger partial charge in [-0.05, 0) is 30.5 Å². The summed E-state index contributed by atoms with van der Waals surface area (Å²) in [5.41, 5.74) is 2.80. The summed E-state index contributed by atoms with van der Waals surface area (Å²) >= 11 is 0. The zero-order valence-corrected chi connectivity index (χ0v) is 11.2. The second-order valence-electron chi connectivity index (χ2n) is 4.83. The van der Waals surface area contributed by atoms with Gasteiger partial charge in [-0.25, -0.2) is 0 Å². The lowest BCUT2D eigenvalue weighted by Gasteiger charge is -2.14. The van der Waals surface area contributed by atoms with E-state index in [0.717, 1.165) is 32.5 Å². The minimum Gasteiger partial charge on any atom is -0.295 e. The molecule has 1 N–H and O–H groups in total. The van der Waals surface area contributed by atoms with E-state index in [0.29, 0.717) is 6.42 Å². The van der Waals surface area contributed by atoms with Crippen LogP contribution in [0, 0.1) is 0 Å². The maximum atomic E-state index is 10.5. The van der Waals surface area contributed by atoms with E-state index in [-0.39, 0.29) is 5.75 Å². The summed E-state index contributed by atoms with van der Waals surface area (Å²) in [6.07, 6.45) is 2.36. The van der Waals surface area contributed by atoms with E-state index in [2.05, 4.69) is 29.2 Å². The van der Waals surface area contributed by atoms with E-state index in [1.54, 1.807) is 0 Å². The smallest absolute Gasteiger partial charge is 0.264 e. The highest BCUT2D eigenvalue weighted by atomic mass is 32.2. The fourth-order valence-electron chi connectivity index (χ4n) is 2.36. The summed E-state index contributed by atoms with van der Waals surface area (Å²) in [4.78, 5) is 2.37. The van der Waals surface area contributed by atoms with Crippen molar-refractivity contribution in [3.8, 4) is 0 Å². The van der Waals surface area contributed by atoms with E-state index in [9.17, 15) is 8.42 Å². The Morgan fingerprint density at radius 3 is 2.22 bits per heavy atom. The molecule has 0 amide bonds. The summed E-state index contributed by atoms with van der Waals surface area (Å²) in [6.45, 7) is 2.98. The second kappa shape index (κ2) is 5.82. The number of hydrogen-bond acceptors (Lipinski definition) is 3. The fraction of sp³-hybridized carbons (Fsp3) is 0.538. The number of nitrogens with zero attached hydrogens (tertiary/aromatic N) is 1. The molecule has 0 saturated carbocycles. The van der Waals surface area contributed by atoms with Crippen molar-refractivity contribution >= 4 is 10.1 Å². The maximum absolute atomic E-state index is 10.5. The molecule has 4 nitrogen and oxygen atoms in total. The zero-order chi connectivity index (χ0) is 13.0. The molecule has 100 valence electrons. The number of rotatable bonds is 6. The third kappa shape index (κ3) is 4.08. The highest BCUT2D eigenvalue weighted by Gasteiger charge is 2.17. The van der Waals surface area contributed by atoms with E-state index in [4.69, 9.17) is 4.55 Å². The molecule has 5 heteroatoms. The van der Waals surface area contributed by atoms with Gasteiger partial charge in [0.2, 0.25) is 0 Å². The van der Waals surface area contributed by atoms with Crippen molar-refractivity contribution in [3.63, 3.8) is 0 Å². The van der Waals surface area contributed by atoms with Crippen LogP contribution in [0.2, 0.25) is 0 Å². The summed E-state index contributed by atoms with van der Waals surface area (Å²) in [7, 11) is -3.78. The van der Waals surface area contributed by atoms with Gasteiger partial charge in [0, 0.05) is 13.1 Å². The van der Waals surface area contributed by atoms with Crippen LogP contribution in [0.15, 0.2) is 24.3 Å². The van der Waals surface area contributed by atoms with E-state index >= 15 is 0 Å². The first kappa shape index (κ1) is 13.5. The highest BCUT2D eigenvalue weighted by molar-refractivity contribution is 7.85. The molecule has 0 saturated heterocycles. The summed E-state index contributed by atoms with van der Waals surface area (Å²) < 4.78 is 29.7. The Morgan fingerprint density at radius 1 is 1.06 bits per heavy atom. The third-order valence-electron chi connectivity index (χ3n) is 3.28. The Hall–Kier alpha value is -0.910. The van der Waals surface area contributed by atoms with Crippen LogP contribution >= 0.6 is 0 Å². The quantitative estimate of drug-likeness (QED) is 0.634. The monoisotopic (exact) mass is 269 g/mol. The molecule has 1 aromatic rings. The molecule has 0 aromatic heterocycles. The van der Waals surface area contributed by atoms with Gasteiger partial charge in [0.1, 0.15) is 0 Å². The molecule has 1 aliphatic rings. The van der Waals surface area contributed by atoms with Crippen LogP contribution in [-0.4, -0.2) is 30.2 Å².